The molecule has 1 fully saturated rings. The Balaban J connectivity index is 1.43. The van der Waals surface area contributed by atoms with Crippen molar-refractivity contribution in [3.05, 3.63) is 76.5 Å². The van der Waals surface area contributed by atoms with Crippen LogP contribution in [0.15, 0.2) is 43.1 Å². The molecule has 2 aliphatic heterocycles. The number of pyridine rings is 1. The van der Waals surface area contributed by atoms with Gasteiger partial charge in [-0.15, -0.1) is 5.92 Å². The van der Waals surface area contributed by atoms with Gasteiger partial charge in [-0.1, -0.05) is 43.7 Å². The number of anilines is 1. The van der Waals surface area contributed by atoms with Gasteiger partial charge in [0.25, 0.3) is 0 Å². The molecule has 37 heavy (non-hydrogen) atoms. The Morgan fingerprint density at radius 1 is 1.35 bits per heavy atom. The van der Waals surface area contributed by atoms with Crippen LogP contribution in [0.5, 0.6) is 0 Å². The smallest absolute Gasteiger partial charge is 0.126 e. The summed E-state index contributed by atoms with van der Waals surface area (Å²) in [4.78, 5) is 7.49. The molecule has 4 rings (SSSR count). The lowest BCUT2D eigenvalue weighted by Gasteiger charge is -2.30. The molecule has 0 radical (unpaired) electrons. The minimum Gasteiger partial charge on any atom is -0.366 e. The van der Waals surface area contributed by atoms with Crippen molar-refractivity contribution in [2.75, 3.05) is 18.4 Å². The number of aromatic nitrogens is 1. The standard InChI is InChI=1S/C33H44N4/c1-7-10-12-31-24(5)26(11-8-2)15-16-27(31)14-13-23(4)37-22-29(19-30(37)9-3)36-33-20-32-25(6)34-18-17-28(32)21-35-33/h7,10,12,15-16,20-21,23,25,29-30,34H,1,9,13-14,17-19,22H2,2-6H3,(H,35,36)/b12-10-/t23?,25-,29-,30?/m1/s1. The van der Waals surface area contributed by atoms with Gasteiger partial charge in [0.1, 0.15) is 5.82 Å². The Bertz CT molecular complexity index is 1180. The first-order valence-electron chi connectivity index (χ1n) is 14.0. The molecule has 0 saturated carbocycles. The van der Waals surface area contributed by atoms with Crippen LogP contribution in [0, 0.1) is 18.8 Å². The van der Waals surface area contributed by atoms with Gasteiger partial charge in [-0.2, -0.15) is 0 Å². The maximum Gasteiger partial charge on any atom is 0.126 e. The van der Waals surface area contributed by atoms with Crippen molar-refractivity contribution in [2.24, 2.45) is 0 Å². The Morgan fingerprint density at radius 2 is 2.19 bits per heavy atom. The van der Waals surface area contributed by atoms with Gasteiger partial charge in [0.15, 0.2) is 0 Å². The Hall–Kier alpha value is -2.87. The lowest BCUT2D eigenvalue weighted by atomic mass is 9.92. The second-order valence-electron chi connectivity index (χ2n) is 10.7. The zero-order chi connectivity index (χ0) is 26.4. The van der Waals surface area contributed by atoms with Gasteiger partial charge in [-0.25, -0.2) is 4.98 Å². The monoisotopic (exact) mass is 496 g/mol. The van der Waals surface area contributed by atoms with Crippen LogP contribution >= 0.6 is 0 Å². The van der Waals surface area contributed by atoms with Crippen molar-refractivity contribution >= 4 is 11.9 Å². The van der Waals surface area contributed by atoms with Crippen molar-refractivity contribution in [3.8, 4) is 11.8 Å². The first-order chi connectivity index (χ1) is 17.9. The van der Waals surface area contributed by atoms with Gasteiger partial charge in [0.2, 0.25) is 0 Å². The average molecular weight is 497 g/mol. The first kappa shape index (κ1) is 27.2. The number of likely N-dealkylation sites (tertiary alicyclic amines) is 1. The molecule has 1 aromatic heterocycles. The zero-order valence-electron chi connectivity index (χ0n) is 23.4. The summed E-state index contributed by atoms with van der Waals surface area (Å²) >= 11 is 0. The van der Waals surface area contributed by atoms with E-state index in [4.69, 9.17) is 4.98 Å². The third kappa shape index (κ3) is 6.35. The van der Waals surface area contributed by atoms with E-state index in [9.17, 15) is 0 Å². The SMILES string of the molecule is C=C/C=C\c1c(CCC(C)N2C[C@H](Nc3cc4c(cn3)CCN[C@@H]4C)CC2CC)ccc(C#CC)c1C. The Kier molecular flexibility index (Phi) is 9.24. The topological polar surface area (TPSA) is 40.2 Å². The van der Waals surface area contributed by atoms with E-state index in [-0.39, 0.29) is 0 Å². The number of allylic oxidation sites excluding steroid dienone is 2. The second kappa shape index (κ2) is 12.6. The highest BCUT2D eigenvalue weighted by Gasteiger charge is 2.34. The molecule has 1 saturated heterocycles. The van der Waals surface area contributed by atoms with E-state index >= 15 is 0 Å². The molecule has 2 N–H and O–H groups in total. The predicted octanol–water partition coefficient (Wildman–Crippen LogP) is 6.45. The highest BCUT2D eigenvalue weighted by Crippen LogP contribution is 2.30. The molecule has 3 heterocycles. The summed E-state index contributed by atoms with van der Waals surface area (Å²) in [5, 5.41) is 7.35. The van der Waals surface area contributed by atoms with Crippen LogP contribution in [0.25, 0.3) is 6.08 Å². The number of nitrogens with one attached hydrogen (secondary N) is 2. The molecule has 4 atom stereocenters. The summed E-state index contributed by atoms with van der Waals surface area (Å²) in [6, 6.07) is 8.68. The van der Waals surface area contributed by atoms with Crippen LogP contribution < -0.4 is 10.6 Å². The number of aryl methyl sites for hydroxylation is 1. The third-order valence-corrected chi connectivity index (χ3v) is 8.28. The highest BCUT2D eigenvalue weighted by atomic mass is 15.2. The molecule has 0 aliphatic carbocycles. The van der Waals surface area contributed by atoms with E-state index < -0.39 is 0 Å². The molecule has 0 bridgehead atoms. The maximum absolute atomic E-state index is 4.77. The summed E-state index contributed by atoms with van der Waals surface area (Å²) in [7, 11) is 0. The van der Waals surface area contributed by atoms with Gasteiger partial charge < -0.3 is 10.6 Å². The number of rotatable bonds is 9. The van der Waals surface area contributed by atoms with Crippen molar-refractivity contribution in [3.63, 3.8) is 0 Å². The van der Waals surface area contributed by atoms with Gasteiger partial charge >= 0.3 is 0 Å². The fraction of sp³-hybridized carbons (Fsp3) is 0.485. The number of fused-ring (bicyclic) bond motifs is 1. The van der Waals surface area contributed by atoms with Gasteiger partial charge in [-0.3, -0.25) is 4.90 Å². The molecule has 0 spiro atoms. The molecular weight excluding hydrogens is 452 g/mol. The molecular formula is C33H44N4. The fourth-order valence-electron chi connectivity index (χ4n) is 6.12. The quantitative estimate of drug-likeness (QED) is 0.309. The molecule has 0 amide bonds. The largest absolute Gasteiger partial charge is 0.366 e. The Morgan fingerprint density at radius 3 is 2.95 bits per heavy atom. The van der Waals surface area contributed by atoms with Crippen LogP contribution in [0.3, 0.4) is 0 Å². The average Bonchev–Trinajstić information content (AvgIpc) is 3.31. The van der Waals surface area contributed by atoms with Crippen molar-refractivity contribution < 1.29 is 0 Å². The number of nitrogens with zero attached hydrogens (tertiary/aromatic N) is 2. The van der Waals surface area contributed by atoms with E-state index in [0.717, 1.165) is 43.7 Å². The van der Waals surface area contributed by atoms with E-state index in [1.54, 1.807) is 0 Å². The number of benzene rings is 1. The maximum atomic E-state index is 4.77. The predicted molar refractivity (Wildman–Crippen MR) is 158 cm³/mol. The van der Waals surface area contributed by atoms with Crippen LogP contribution in [-0.4, -0.2) is 41.1 Å². The number of hydrogen-bond donors (Lipinski definition) is 2. The van der Waals surface area contributed by atoms with Crippen molar-refractivity contribution in [2.45, 2.75) is 90.9 Å². The van der Waals surface area contributed by atoms with E-state index in [1.807, 2.05) is 19.1 Å². The molecule has 2 aliphatic rings. The van der Waals surface area contributed by atoms with Crippen LogP contribution in [0.1, 0.15) is 86.4 Å². The summed E-state index contributed by atoms with van der Waals surface area (Å²) in [6.45, 7) is 17.0. The van der Waals surface area contributed by atoms with Crippen molar-refractivity contribution in [1.82, 2.24) is 15.2 Å². The van der Waals surface area contributed by atoms with Gasteiger partial charge in [0.05, 0.1) is 0 Å². The summed E-state index contributed by atoms with van der Waals surface area (Å²) < 4.78 is 0. The minimum atomic E-state index is 0.397. The highest BCUT2D eigenvalue weighted by molar-refractivity contribution is 5.63. The van der Waals surface area contributed by atoms with Gasteiger partial charge in [-0.05, 0) is 106 Å². The molecule has 2 unspecified atom stereocenters. The van der Waals surface area contributed by atoms with Crippen LogP contribution in [0.2, 0.25) is 0 Å². The summed E-state index contributed by atoms with van der Waals surface area (Å²) in [6.07, 6.45) is 13.8. The van der Waals surface area contributed by atoms with Crippen LogP contribution in [-0.2, 0) is 12.8 Å². The zero-order valence-corrected chi connectivity index (χ0v) is 23.4. The minimum absolute atomic E-state index is 0.397. The van der Waals surface area contributed by atoms with Crippen molar-refractivity contribution in [1.29, 1.82) is 0 Å². The first-order valence-corrected chi connectivity index (χ1v) is 14.0. The van der Waals surface area contributed by atoms with Gasteiger partial charge in [0, 0.05) is 42.5 Å². The second-order valence-corrected chi connectivity index (χ2v) is 10.7. The van der Waals surface area contributed by atoms with E-state index in [0.29, 0.717) is 24.2 Å². The summed E-state index contributed by atoms with van der Waals surface area (Å²) in [5.41, 5.74) is 7.85. The Labute approximate surface area is 224 Å². The fourth-order valence-corrected chi connectivity index (χ4v) is 6.12. The third-order valence-electron chi connectivity index (χ3n) is 8.28. The lowest BCUT2D eigenvalue weighted by Crippen LogP contribution is -2.38. The lowest BCUT2D eigenvalue weighted by molar-refractivity contribution is 0.178. The number of hydrogen-bond acceptors (Lipinski definition) is 4. The van der Waals surface area contributed by atoms with E-state index in [2.05, 4.69) is 92.1 Å². The molecule has 196 valence electrons. The van der Waals surface area contributed by atoms with Crippen LogP contribution in [0.4, 0.5) is 5.82 Å². The normalized spacial score (nSPS) is 22.4. The molecule has 4 nitrogen and oxygen atoms in total. The molecule has 4 heteroatoms. The van der Waals surface area contributed by atoms with E-state index in [1.165, 1.54) is 40.7 Å². The molecule has 2 aromatic rings. The molecule has 1 aromatic carbocycles. The summed E-state index contributed by atoms with van der Waals surface area (Å²) in [5.74, 6) is 7.32.